The summed E-state index contributed by atoms with van der Waals surface area (Å²) in [7, 11) is 0. The van der Waals surface area contributed by atoms with E-state index in [4.69, 9.17) is 0 Å². The van der Waals surface area contributed by atoms with Crippen LogP contribution in [0.5, 0.6) is 0 Å². The van der Waals surface area contributed by atoms with Crippen LogP contribution in [-0.2, 0) is 0 Å². The summed E-state index contributed by atoms with van der Waals surface area (Å²) in [6.07, 6.45) is 4.21. The summed E-state index contributed by atoms with van der Waals surface area (Å²) in [5.41, 5.74) is 0. The molecule has 9 heavy (non-hydrogen) atoms. The van der Waals surface area contributed by atoms with E-state index >= 15 is 0 Å². The molecular weight excluding hydrogens is 112 g/mol. The maximum Gasteiger partial charge on any atom is 0.0314 e. The first-order valence-electron chi connectivity index (χ1n) is 3.43. The van der Waals surface area contributed by atoms with Crippen LogP contribution in [0.3, 0.4) is 0 Å². The van der Waals surface area contributed by atoms with Gasteiger partial charge in [0.25, 0.3) is 0 Å². The largest absolute Gasteiger partial charge is 0.375 e. The quantitative estimate of drug-likeness (QED) is 0.497. The fraction of sp³-hybridized carbons (Fsp3) is 0.714. The molecule has 0 aromatic carbocycles. The second-order valence-corrected chi connectivity index (χ2v) is 2.19. The third-order valence-corrected chi connectivity index (χ3v) is 1.45. The van der Waals surface area contributed by atoms with Crippen LogP contribution < -0.4 is 5.32 Å². The molecule has 0 aromatic heterocycles. The van der Waals surface area contributed by atoms with E-state index in [-0.39, 0.29) is 0 Å². The predicted molar refractivity (Wildman–Crippen MR) is 38.3 cm³/mol. The molecule has 0 bridgehead atoms. The van der Waals surface area contributed by atoms with E-state index in [1.54, 1.807) is 0 Å². The van der Waals surface area contributed by atoms with Gasteiger partial charge in [-0.2, -0.15) is 0 Å². The number of hydrogen-bond acceptors (Lipinski definition) is 1. The van der Waals surface area contributed by atoms with Gasteiger partial charge in [0, 0.05) is 26.2 Å². The lowest BCUT2D eigenvalue weighted by atomic mass is 10.4. The van der Waals surface area contributed by atoms with Gasteiger partial charge in [0.2, 0.25) is 0 Å². The Morgan fingerprint density at radius 3 is 2.56 bits per heavy atom. The third-order valence-electron chi connectivity index (χ3n) is 1.45. The van der Waals surface area contributed by atoms with E-state index in [0.29, 0.717) is 0 Å². The topological polar surface area (TPSA) is 17.3 Å². The summed E-state index contributed by atoms with van der Waals surface area (Å²) in [4.78, 5) is 2.30. The van der Waals surface area contributed by atoms with Crippen molar-refractivity contribution in [2.75, 3.05) is 26.2 Å². The van der Waals surface area contributed by atoms with Crippen LogP contribution in [0.25, 0.3) is 0 Å². The molecule has 51 valence electrons. The highest BCUT2D eigenvalue weighted by Gasteiger charge is 2.03. The van der Waals surface area contributed by atoms with Crippen LogP contribution in [0.1, 0.15) is 6.92 Å². The van der Waals surface area contributed by atoms with Crippen LogP contribution in [0.2, 0.25) is 0 Å². The molecule has 1 saturated heterocycles. The summed E-state index contributed by atoms with van der Waals surface area (Å²) < 4.78 is 0. The number of nitrogens with zero attached hydrogens (tertiary/aromatic N) is 2. The van der Waals surface area contributed by atoms with Gasteiger partial charge in [-0.25, -0.2) is 5.32 Å². The molecule has 0 N–H and O–H groups in total. The highest BCUT2D eigenvalue weighted by molar-refractivity contribution is 4.81. The van der Waals surface area contributed by atoms with E-state index in [2.05, 4.69) is 22.5 Å². The van der Waals surface area contributed by atoms with Gasteiger partial charge < -0.3 is 4.90 Å². The number of allylic oxidation sites excluding steroid dienone is 1. The summed E-state index contributed by atoms with van der Waals surface area (Å²) >= 11 is 0. The monoisotopic (exact) mass is 125 g/mol. The van der Waals surface area contributed by atoms with Crippen LogP contribution in [0, 0.1) is 0 Å². The van der Waals surface area contributed by atoms with Crippen LogP contribution >= 0.6 is 0 Å². The van der Waals surface area contributed by atoms with Gasteiger partial charge in [0.15, 0.2) is 0 Å². The molecule has 0 atom stereocenters. The summed E-state index contributed by atoms with van der Waals surface area (Å²) in [5, 5.41) is 4.23. The lowest BCUT2D eigenvalue weighted by Gasteiger charge is -2.24. The smallest absolute Gasteiger partial charge is 0.0314 e. The van der Waals surface area contributed by atoms with Crippen molar-refractivity contribution < 1.29 is 0 Å². The minimum Gasteiger partial charge on any atom is -0.375 e. The Hall–Kier alpha value is -0.500. The van der Waals surface area contributed by atoms with Crippen molar-refractivity contribution in [3.8, 4) is 0 Å². The van der Waals surface area contributed by atoms with Gasteiger partial charge in [-0.1, -0.05) is 6.08 Å². The molecule has 1 aliphatic heterocycles. The maximum absolute atomic E-state index is 4.23. The molecule has 0 unspecified atom stereocenters. The Kier molecular flexibility index (Phi) is 2.58. The fourth-order valence-corrected chi connectivity index (χ4v) is 0.982. The predicted octanol–water partition coefficient (Wildman–Crippen LogP) is 0.440. The highest BCUT2D eigenvalue weighted by Crippen LogP contribution is 1.92. The second kappa shape index (κ2) is 3.51. The second-order valence-electron chi connectivity index (χ2n) is 2.19. The number of rotatable bonds is 1. The van der Waals surface area contributed by atoms with Gasteiger partial charge in [-0.3, -0.25) is 0 Å². The average Bonchev–Trinajstić information content (AvgIpc) is 1.91. The van der Waals surface area contributed by atoms with Gasteiger partial charge in [-0.05, 0) is 13.1 Å². The molecule has 0 aliphatic carbocycles. The van der Waals surface area contributed by atoms with Gasteiger partial charge in [0.1, 0.15) is 0 Å². The Morgan fingerprint density at radius 2 is 2.00 bits per heavy atom. The van der Waals surface area contributed by atoms with E-state index in [1.807, 2.05) is 6.92 Å². The van der Waals surface area contributed by atoms with Gasteiger partial charge >= 0.3 is 0 Å². The van der Waals surface area contributed by atoms with Crippen molar-refractivity contribution in [2.45, 2.75) is 6.92 Å². The average molecular weight is 125 g/mol. The van der Waals surface area contributed by atoms with Crippen LogP contribution in [0.4, 0.5) is 0 Å². The zero-order chi connectivity index (χ0) is 6.53. The van der Waals surface area contributed by atoms with Crippen LogP contribution in [-0.4, -0.2) is 31.1 Å². The Bertz CT molecular complexity index is 93.1. The minimum absolute atomic E-state index is 1.00. The third kappa shape index (κ3) is 2.06. The van der Waals surface area contributed by atoms with Gasteiger partial charge in [0.05, 0.1) is 0 Å². The number of hydrogen-bond donors (Lipinski definition) is 0. The maximum atomic E-state index is 4.23. The Morgan fingerprint density at radius 1 is 1.33 bits per heavy atom. The molecule has 0 aromatic rings. The van der Waals surface area contributed by atoms with Crippen molar-refractivity contribution in [3.63, 3.8) is 0 Å². The van der Waals surface area contributed by atoms with E-state index in [9.17, 15) is 0 Å². The molecule has 2 nitrogen and oxygen atoms in total. The fourth-order valence-electron chi connectivity index (χ4n) is 0.982. The first kappa shape index (κ1) is 6.62. The molecule has 2 heteroatoms. The minimum atomic E-state index is 1.00. The summed E-state index contributed by atoms with van der Waals surface area (Å²) in [6.45, 7) is 6.26. The highest BCUT2D eigenvalue weighted by atomic mass is 15.2. The molecule has 0 spiro atoms. The van der Waals surface area contributed by atoms with E-state index < -0.39 is 0 Å². The van der Waals surface area contributed by atoms with E-state index in [1.165, 1.54) is 0 Å². The van der Waals surface area contributed by atoms with Crippen molar-refractivity contribution in [2.24, 2.45) is 0 Å². The number of piperazine rings is 1. The Balaban J connectivity index is 2.23. The molecule has 0 saturated carbocycles. The standard InChI is InChI=1S/C7H13N2/c1-2-5-9-6-3-8-4-7-9/h2,5H,3-4,6-7H2,1H3. The molecule has 1 radical (unpaired) electrons. The first-order valence-corrected chi connectivity index (χ1v) is 3.43. The molecule has 1 aliphatic rings. The molecule has 1 fully saturated rings. The zero-order valence-electron chi connectivity index (χ0n) is 5.88. The summed E-state index contributed by atoms with van der Waals surface area (Å²) in [5.74, 6) is 0. The normalized spacial score (nSPS) is 21.2. The van der Waals surface area contributed by atoms with Crippen molar-refractivity contribution in [1.82, 2.24) is 10.2 Å². The van der Waals surface area contributed by atoms with Crippen molar-refractivity contribution >= 4 is 0 Å². The van der Waals surface area contributed by atoms with E-state index in [0.717, 1.165) is 26.2 Å². The molecule has 0 amide bonds. The lowest BCUT2D eigenvalue weighted by Crippen LogP contribution is -2.36. The van der Waals surface area contributed by atoms with Gasteiger partial charge in [-0.15, -0.1) is 0 Å². The summed E-state index contributed by atoms with van der Waals surface area (Å²) in [6, 6.07) is 0. The van der Waals surface area contributed by atoms with Crippen molar-refractivity contribution in [1.29, 1.82) is 0 Å². The SMILES string of the molecule is CC=CN1CC[N]CC1. The Labute approximate surface area is 56.5 Å². The first-order chi connectivity index (χ1) is 4.43. The van der Waals surface area contributed by atoms with Crippen LogP contribution in [0.15, 0.2) is 12.3 Å². The van der Waals surface area contributed by atoms with Crippen molar-refractivity contribution in [3.05, 3.63) is 12.3 Å². The molecule has 1 heterocycles. The molecule has 1 rings (SSSR count). The molecular formula is C7H13N2. The zero-order valence-corrected chi connectivity index (χ0v) is 5.88. The lowest BCUT2D eigenvalue weighted by molar-refractivity contribution is 0.320.